The third kappa shape index (κ3) is 2.50. The van der Waals surface area contributed by atoms with Crippen LogP contribution in [-0.4, -0.2) is 40.5 Å². The Bertz CT molecular complexity index is 1570. The zero-order chi connectivity index (χ0) is 26.7. The van der Waals surface area contributed by atoms with Gasteiger partial charge in [0.15, 0.2) is 11.4 Å². The average molecular weight is 517 g/mol. The Morgan fingerprint density at radius 2 is 1.05 bits per heavy atom. The summed E-state index contributed by atoms with van der Waals surface area (Å²) in [5.41, 5.74) is -8.87. The van der Waals surface area contributed by atoms with Crippen LogP contribution >= 0.6 is 0 Å². The zero-order valence-corrected chi connectivity index (χ0v) is 18.1. The van der Waals surface area contributed by atoms with Crippen molar-refractivity contribution in [3.8, 4) is 0 Å². The highest BCUT2D eigenvalue weighted by Crippen LogP contribution is 2.57. The summed E-state index contributed by atoms with van der Waals surface area (Å²) in [6.45, 7) is 0. The Hall–Kier alpha value is -4.32. The van der Waals surface area contributed by atoms with Gasteiger partial charge in [-0.2, -0.15) is 26.3 Å². The summed E-state index contributed by atoms with van der Waals surface area (Å²) in [4.78, 5) is 50.5. The van der Waals surface area contributed by atoms with Crippen molar-refractivity contribution in [3.05, 3.63) is 105 Å². The van der Waals surface area contributed by atoms with Crippen LogP contribution in [0.25, 0.3) is 0 Å². The predicted octanol–water partition coefficient (Wildman–Crippen LogP) is 4.44. The molecule has 2 bridgehead atoms. The minimum atomic E-state index is -6.01. The van der Waals surface area contributed by atoms with Crippen molar-refractivity contribution in [3.63, 3.8) is 0 Å². The van der Waals surface area contributed by atoms with Gasteiger partial charge in [-0.3, -0.25) is 14.9 Å². The topological polar surface area (TPSA) is 80.3 Å². The fourth-order valence-electron chi connectivity index (χ4n) is 5.50. The number of hydrogen-bond acceptors (Lipinski definition) is 4. The molecule has 0 radical (unpaired) electrons. The van der Waals surface area contributed by atoms with Gasteiger partial charge >= 0.3 is 24.2 Å². The summed E-state index contributed by atoms with van der Waals surface area (Å²) in [5.74, 6) is -3.85. The van der Waals surface area contributed by atoms with Crippen LogP contribution in [0, 0.1) is 0 Å². The number of carbonyl (C=O) groups excluding carboxylic acids is 4. The minimum Gasteiger partial charge on any atom is -0.288 e. The molecule has 12 heteroatoms. The number of rotatable bonds is 2. The standard InChI is InChI=1S/C25H10F6N2O4/c26-24(27,28)23(25(29,30)31,11-1-7-15-17(9-11)20(35)32-19(15)34)12-2-8-16-18(10-12)22(37)33(21(16)36)13-3-4-14(33)6-5-13/h1-10H/p+1. The Kier molecular flexibility index (Phi) is 4.19. The van der Waals surface area contributed by atoms with Gasteiger partial charge in [0.25, 0.3) is 11.8 Å². The number of carbonyl (C=O) groups is 4. The molecule has 0 aliphatic carbocycles. The molecule has 0 aromatic heterocycles. The molecule has 2 aromatic rings. The quantitative estimate of drug-likeness (QED) is 0.363. The molecule has 1 N–H and O–H groups in total. The van der Waals surface area contributed by atoms with Crippen LogP contribution in [0.15, 0.2) is 72.1 Å². The van der Waals surface area contributed by atoms with Crippen molar-refractivity contribution < 1.29 is 50.0 Å². The Balaban J connectivity index is 1.61. The SMILES string of the molecule is O=C1NC(=O)c2cc(C(c3ccc4c(c3)C(=O)[N+]3(C4=O)C4=CC=C3C=C4)(C(F)(F)F)C(F)(F)F)ccc21. The van der Waals surface area contributed by atoms with Gasteiger partial charge in [0, 0.05) is 24.3 Å². The minimum absolute atomic E-state index is 0.231. The van der Waals surface area contributed by atoms with Crippen molar-refractivity contribution in [2.24, 2.45) is 0 Å². The van der Waals surface area contributed by atoms with E-state index < -0.39 is 68.1 Å². The highest BCUT2D eigenvalue weighted by atomic mass is 19.4. The van der Waals surface area contributed by atoms with E-state index in [9.17, 15) is 45.5 Å². The first-order valence-corrected chi connectivity index (χ1v) is 10.6. The molecule has 0 unspecified atom stereocenters. The predicted molar refractivity (Wildman–Crippen MR) is 112 cm³/mol. The molecule has 37 heavy (non-hydrogen) atoms. The first-order valence-electron chi connectivity index (χ1n) is 10.6. The lowest BCUT2D eigenvalue weighted by atomic mass is 9.71. The molecule has 6 rings (SSSR count). The highest BCUT2D eigenvalue weighted by Gasteiger charge is 2.73. The molecule has 2 aromatic carbocycles. The zero-order valence-electron chi connectivity index (χ0n) is 18.1. The van der Waals surface area contributed by atoms with E-state index in [2.05, 4.69) is 0 Å². The number of nitrogens with one attached hydrogen (secondary N) is 1. The second-order valence-electron chi connectivity index (χ2n) is 8.85. The van der Waals surface area contributed by atoms with Gasteiger partial charge in [0.2, 0.25) is 5.41 Å². The van der Waals surface area contributed by atoms with Crippen LogP contribution in [0.3, 0.4) is 0 Å². The number of hydrogen-bond donors (Lipinski definition) is 1. The molecular formula is C25H11F6N2O4+. The number of benzene rings is 2. The maximum atomic E-state index is 14.7. The van der Waals surface area contributed by atoms with Crippen LogP contribution in [-0.2, 0) is 5.41 Å². The fourth-order valence-corrected chi connectivity index (χ4v) is 5.50. The van der Waals surface area contributed by atoms with Gasteiger partial charge in [0.1, 0.15) is 0 Å². The molecule has 0 fully saturated rings. The van der Waals surface area contributed by atoms with E-state index in [4.69, 9.17) is 0 Å². The molecule has 4 amide bonds. The molecule has 186 valence electrons. The molecule has 0 atom stereocenters. The van der Waals surface area contributed by atoms with Crippen LogP contribution in [0.1, 0.15) is 52.6 Å². The number of quaternary nitrogens is 1. The number of allylic oxidation sites excluding steroid dienone is 4. The van der Waals surface area contributed by atoms with E-state index in [0.29, 0.717) is 30.3 Å². The molecule has 0 saturated carbocycles. The largest absolute Gasteiger partial charge is 0.411 e. The van der Waals surface area contributed by atoms with Gasteiger partial charge in [-0.15, -0.1) is 4.48 Å². The van der Waals surface area contributed by atoms with Crippen molar-refractivity contribution in [1.82, 2.24) is 5.32 Å². The van der Waals surface area contributed by atoms with E-state index in [-0.39, 0.29) is 22.5 Å². The van der Waals surface area contributed by atoms with Crippen LogP contribution < -0.4 is 5.32 Å². The number of imide groups is 2. The second-order valence-corrected chi connectivity index (χ2v) is 8.85. The molecule has 4 heterocycles. The van der Waals surface area contributed by atoms with Gasteiger partial charge in [0.05, 0.1) is 22.3 Å². The van der Waals surface area contributed by atoms with E-state index in [0.717, 1.165) is 6.07 Å². The van der Waals surface area contributed by atoms with Crippen molar-refractivity contribution in [2.75, 3.05) is 0 Å². The number of nitrogens with zero attached hydrogens (tertiary/aromatic N) is 1. The van der Waals surface area contributed by atoms with E-state index in [1.165, 1.54) is 24.3 Å². The third-order valence-corrected chi connectivity index (χ3v) is 7.17. The van der Waals surface area contributed by atoms with Crippen LogP contribution in [0.5, 0.6) is 0 Å². The smallest absolute Gasteiger partial charge is 0.288 e. The Morgan fingerprint density at radius 3 is 1.57 bits per heavy atom. The first-order chi connectivity index (χ1) is 17.3. The summed E-state index contributed by atoms with van der Waals surface area (Å²) >= 11 is 0. The maximum absolute atomic E-state index is 14.7. The average Bonchev–Trinajstić information content (AvgIpc) is 3.51. The molecule has 6 nitrogen and oxygen atoms in total. The van der Waals surface area contributed by atoms with Crippen molar-refractivity contribution in [2.45, 2.75) is 17.8 Å². The summed E-state index contributed by atoms with van der Waals surface area (Å²) in [6, 6.07) is 3.32. The summed E-state index contributed by atoms with van der Waals surface area (Å²) < 4.78 is 87.0. The van der Waals surface area contributed by atoms with Crippen molar-refractivity contribution in [1.29, 1.82) is 0 Å². The molecule has 0 saturated heterocycles. The Labute approximate surface area is 202 Å². The maximum Gasteiger partial charge on any atom is 0.411 e. The van der Waals surface area contributed by atoms with E-state index in [1.807, 2.05) is 5.32 Å². The summed E-state index contributed by atoms with van der Waals surface area (Å²) in [6.07, 6.45) is -6.11. The number of alkyl halides is 6. The molecule has 4 aliphatic heterocycles. The molecule has 4 aliphatic rings. The van der Waals surface area contributed by atoms with Gasteiger partial charge in [-0.25, -0.2) is 9.59 Å². The normalized spacial score (nSPS) is 19.4. The van der Waals surface area contributed by atoms with E-state index in [1.54, 1.807) is 0 Å². The fraction of sp³-hybridized carbons (Fsp3) is 0.120. The third-order valence-electron chi connectivity index (χ3n) is 7.17. The number of halogens is 6. The van der Waals surface area contributed by atoms with Gasteiger partial charge < -0.3 is 0 Å². The van der Waals surface area contributed by atoms with Gasteiger partial charge in [-0.05, 0) is 35.4 Å². The van der Waals surface area contributed by atoms with E-state index >= 15 is 0 Å². The van der Waals surface area contributed by atoms with Crippen molar-refractivity contribution >= 4 is 23.6 Å². The lowest BCUT2D eigenvalue weighted by molar-refractivity contribution is -0.663. The number of amides is 4. The highest BCUT2D eigenvalue weighted by molar-refractivity contribution is 6.21. The van der Waals surface area contributed by atoms with Crippen LogP contribution in [0.2, 0.25) is 0 Å². The lowest BCUT2D eigenvalue weighted by Crippen LogP contribution is -2.55. The first kappa shape index (κ1) is 23.1. The molecule has 1 spiro atoms. The molecular weight excluding hydrogens is 506 g/mol. The Morgan fingerprint density at radius 1 is 0.595 bits per heavy atom. The lowest BCUT2D eigenvalue weighted by Gasteiger charge is -2.38. The number of fused-ring (bicyclic) bond motifs is 2. The summed E-state index contributed by atoms with van der Waals surface area (Å²) in [5, 5.41) is 1.82. The summed E-state index contributed by atoms with van der Waals surface area (Å²) in [7, 11) is 0. The second kappa shape index (κ2) is 6.71. The van der Waals surface area contributed by atoms with Crippen LogP contribution in [0.4, 0.5) is 26.3 Å². The van der Waals surface area contributed by atoms with Gasteiger partial charge in [-0.1, -0.05) is 12.1 Å². The monoisotopic (exact) mass is 517 g/mol.